The topological polar surface area (TPSA) is 78.0 Å². The van der Waals surface area contributed by atoms with E-state index in [9.17, 15) is 4.79 Å². The van der Waals surface area contributed by atoms with Gasteiger partial charge in [-0.2, -0.15) is 0 Å². The third-order valence-corrected chi connectivity index (χ3v) is 5.02. The number of H-pyrrole nitrogens is 1. The van der Waals surface area contributed by atoms with Gasteiger partial charge in [-0.05, 0) is 24.7 Å². The predicted molar refractivity (Wildman–Crippen MR) is 82.4 cm³/mol. The zero-order chi connectivity index (χ0) is 15.1. The monoisotopic (exact) mass is 300 g/mol. The molecule has 1 amide bonds. The summed E-state index contributed by atoms with van der Waals surface area (Å²) < 4.78 is 0. The van der Waals surface area contributed by atoms with Crippen molar-refractivity contribution >= 4 is 22.9 Å². The van der Waals surface area contributed by atoms with Crippen molar-refractivity contribution in [2.75, 3.05) is 31.6 Å². The number of hydrogen-bond donors (Lipinski definition) is 1. The van der Waals surface area contributed by atoms with Gasteiger partial charge in [0.25, 0.3) is 0 Å². The van der Waals surface area contributed by atoms with Gasteiger partial charge in [0, 0.05) is 20.1 Å². The van der Waals surface area contributed by atoms with Crippen LogP contribution in [0.25, 0.3) is 11.2 Å². The summed E-state index contributed by atoms with van der Waals surface area (Å²) >= 11 is 0. The van der Waals surface area contributed by atoms with Crippen molar-refractivity contribution in [3.8, 4) is 0 Å². The van der Waals surface area contributed by atoms with E-state index in [-0.39, 0.29) is 5.91 Å². The lowest BCUT2D eigenvalue weighted by molar-refractivity contribution is -0.128. The fourth-order valence-corrected chi connectivity index (χ4v) is 3.86. The lowest BCUT2D eigenvalue weighted by Gasteiger charge is -2.23. The molecule has 2 fully saturated rings. The molecule has 2 aromatic rings. The van der Waals surface area contributed by atoms with Crippen LogP contribution in [0.4, 0.5) is 5.82 Å². The third kappa shape index (κ3) is 2.20. The van der Waals surface area contributed by atoms with Crippen LogP contribution in [0.1, 0.15) is 19.3 Å². The molecule has 0 spiro atoms. The first-order valence-electron chi connectivity index (χ1n) is 7.85. The highest BCUT2D eigenvalue weighted by Crippen LogP contribution is 2.37. The molecule has 2 atom stereocenters. The zero-order valence-corrected chi connectivity index (χ0v) is 12.7. The predicted octanol–water partition coefficient (Wildman–Crippen LogP) is 1.05. The molecule has 4 rings (SSSR count). The summed E-state index contributed by atoms with van der Waals surface area (Å²) in [4.78, 5) is 32.0. The van der Waals surface area contributed by atoms with E-state index >= 15 is 0 Å². The number of aromatic nitrogens is 4. The fraction of sp³-hybridized carbons (Fsp3) is 0.600. The number of hydrogen-bond acceptors (Lipinski definition) is 5. The lowest BCUT2D eigenvalue weighted by atomic mass is 10.0. The maximum absolute atomic E-state index is 12.5. The minimum absolute atomic E-state index is 0.183. The number of carbonyl (C=O) groups excluding carboxylic acids is 1. The maximum atomic E-state index is 12.5. The van der Waals surface area contributed by atoms with Crippen molar-refractivity contribution < 1.29 is 4.79 Å². The van der Waals surface area contributed by atoms with Crippen molar-refractivity contribution in [2.24, 2.45) is 11.8 Å². The Morgan fingerprint density at radius 1 is 1.32 bits per heavy atom. The summed E-state index contributed by atoms with van der Waals surface area (Å²) in [7, 11) is 1.89. The van der Waals surface area contributed by atoms with E-state index in [0.717, 1.165) is 36.3 Å². The van der Waals surface area contributed by atoms with E-state index < -0.39 is 0 Å². The van der Waals surface area contributed by atoms with Crippen LogP contribution in [0, 0.1) is 11.8 Å². The maximum Gasteiger partial charge on any atom is 0.242 e. The van der Waals surface area contributed by atoms with Crippen LogP contribution >= 0.6 is 0 Å². The van der Waals surface area contributed by atoms with Gasteiger partial charge in [-0.15, -0.1) is 0 Å². The molecule has 116 valence electrons. The van der Waals surface area contributed by atoms with Gasteiger partial charge in [0.05, 0.1) is 12.9 Å². The van der Waals surface area contributed by atoms with Gasteiger partial charge in [0.15, 0.2) is 11.5 Å². The number of fused-ring (bicyclic) bond motifs is 2. The van der Waals surface area contributed by atoms with Crippen molar-refractivity contribution in [1.29, 1.82) is 0 Å². The Morgan fingerprint density at radius 2 is 2.09 bits per heavy atom. The molecule has 1 N–H and O–H groups in total. The standard InChI is InChI=1S/C15H20N6O/c1-20(15-13-14(17-8-16-13)18-9-19-15)7-12(22)21-5-10-3-2-4-11(10)6-21/h8-11H,2-7H2,1H3,(H,16,17,18,19)/t10-,11-/m0/s1. The molecule has 0 radical (unpaired) electrons. The smallest absolute Gasteiger partial charge is 0.242 e. The molecule has 0 bridgehead atoms. The molecule has 7 nitrogen and oxygen atoms in total. The lowest BCUT2D eigenvalue weighted by Crippen LogP contribution is -2.38. The average molecular weight is 300 g/mol. The van der Waals surface area contributed by atoms with Gasteiger partial charge in [0.1, 0.15) is 11.8 Å². The molecule has 3 heterocycles. The molecule has 7 heteroatoms. The van der Waals surface area contributed by atoms with Gasteiger partial charge in [-0.1, -0.05) is 6.42 Å². The van der Waals surface area contributed by atoms with Gasteiger partial charge < -0.3 is 14.8 Å². The quantitative estimate of drug-likeness (QED) is 0.916. The fourth-order valence-electron chi connectivity index (χ4n) is 3.86. The molecule has 2 aliphatic rings. The minimum atomic E-state index is 0.183. The second-order valence-corrected chi connectivity index (χ2v) is 6.40. The highest BCUT2D eigenvalue weighted by Gasteiger charge is 2.38. The second kappa shape index (κ2) is 5.23. The molecule has 2 aromatic heterocycles. The second-order valence-electron chi connectivity index (χ2n) is 6.40. The van der Waals surface area contributed by atoms with Crippen LogP contribution in [0.5, 0.6) is 0 Å². The van der Waals surface area contributed by atoms with Crippen LogP contribution in [0.15, 0.2) is 12.7 Å². The number of anilines is 1. The summed E-state index contributed by atoms with van der Waals surface area (Å²) in [5.74, 6) is 2.36. The summed E-state index contributed by atoms with van der Waals surface area (Å²) in [6, 6.07) is 0. The van der Waals surface area contributed by atoms with E-state index in [1.807, 2.05) is 16.8 Å². The van der Waals surface area contributed by atoms with Crippen molar-refractivity contribution in [3.63, 3.8) is 0 Å². The van der Waals surface area contributed by atoms with Crippen molar-refractivity contribution in [3.05, 3.63) is 12.7 Å². The molecule has 22 heavy (non-hydrogen) atoms. The van der Waals surface area contributed by atoms with Crippen molar-refractivity contribution in [1.82, 2.24) is 24.8 Å². The van der Waals surface area contributed by atoms with E-state index in [1.165, 1.54) is 25.6 Å². The van der Waals surface area contributed by atoms with Gasteiger partial charge in [-0.3, -0.25) is 4.79 Å². The van der Waals surface area contributed by atoms with Crippen LogP contribution in [0.3, 0.4) is 0 Å². The number of aromatic amines is 1. The van der Waals surface area contributed by atoms with Crippen LogP contribution < -0.4 is 4.90 Å². The molecule has 1 aliphatic carbocycles. The SMILES string of the molecule is CN(CC(=O)N1C[C@@H]2CCC[C@H]2C1)c1ncnc2nc[nH]c12. The van der Waals surface area contributed by atoms with E-state index in [0.29, 0.717) is 12.2 Å². The average Bonchev–Trinajstić information content (AvgIpc) is 3.21. The normalized spacial score (nSPS) is 24.0. The number of rotatable bonds is 3. The molecule has 1 saturated carbocycles. The summed E-state index contributed by atoms with van der Waals surface area (Å²) in [5, 5.41) is 0. The number of amides is 1. The highest BCUT2D eigenvalue weighted by atomic mass is 16.2. The molecular formula is C15H20N6O. The number of imidazole rings is 1. The van der Waals surface area contributed by atoms with E-state index in [2.05, 4.69) is 19.9 Å². The molecule has 1 aliphatic heterocycles. The summed E-state index contributed by atoms with van der Waals surface area (Å²) in [5.41, 5.74) is 1.40. The summed E-state index contributed by atoms with van der Waals surface area (Å²) in [6.07, 6.45) is 6.98. The Bertz CT molecular complexity index is 686. The molecule has 1 saturated heterocycles. The Balaban J connectivity index is 1.46. The Hall–Kier alpha value is -2.18. The number of likely N-dealkylation sites (tertiary alicyclic amines) is 1. The first kappa shape index (κ1) is 13.5. The van der Waals surface area contributed by atoms with Crippen LogP contribution in [0.2, 0.25) is 0 Å². The van der Waals surface area contributed by atoms with E-state index in [1.54, 1.807) is 6.33 Å². The Morgan fingerprint density at radius 3 is 2.86 bits per heavy atom. The Kier molecular flexibility index (Phi) is 3.20. The summed E-state index contributed by atoms with van der Waals surface area (Å²) in [6.45, 7) is 2.20. The van der Waals surface area contributed by atoms with Crippen molar-refractivity contribution in [2.45, 2.75) is 19.3 Å². The zero-order valence-electron chi connectivity index (χ0n) is 12.7. The van der Waals surface area contributed by atoms with Crippen LogP contribution in [-0.4, -0.2) is 57.4 Å². The van der Waals surface area contributed by atoms with Crippen LogP contribution in [-0.2, 0) is 4.79 Å². The molecule has 0 unspecified atom stereocenters. The number of nitrogens with one attached hydrogen (secondary N) is 1. The Labute approximate surface area is 128 Å². The molecular weight excluding hydrogens is 280 g/mol. The van der Waals surface area contributed by atoms with E-state index in [4.69, 9.17) is 0 Å². The highest BCUT2D eigenvalue weighted by molar-refractivity contribution is 5.87. The minimum Gasteiger partial charge on any atom is -0.348 e. The first-order chi connectivity index (χ1) is 10.7. The number of carbonyl (C=O) groups is 1. The number of nitrogens with zero attached hydrogens (tertiary/aromatic N) is 5. The number of likely N-dealkylation sites (N-methyl/N-ethyl adjacent to an activating group) is 1. The van der Waals surface area contributed by atoms with Gasteiger partial charge in [-0.25, -0.2) is 15.0 Å². The first-order valence-corrected chi connectivity index (χ1v) is 7.85. The van der Waals surface area contributed by atoms with Gasteiger partial charge >= 0.3 is 0 Å². The molecule has 0 aromatic carbocycles. The largest absolute Gasteiger partial charge is 0.348 e. The van der Waals surface area contributed by atoms with Gasteiger partial charge in [0.2, 0.25) is 5.91 Å². The third-order valence-electron chi connectivity index (χ3n) is 5.02.